The Hall–Kier alpha value is -4.34. The molecule has 0 radical (unpaired) electrons. The van der Waals surface area contributed by atoms with Crippen LogP contribution in [-0.2, 0) is 0 Å². The van der Waals surface area contributed by atoms with Gasteiger partial charge >= 0.3 is 11.9 Å². The molecule has 2 aliphatic heterocycles. The third-order valence-corrected chi connectivity index (χ3v) is 7.20. The van der Waals surface area contributed by atoms with Gasteiger partial charge in [0.05, 0.1) is 33.4 Å². The van der Waals surface area contributed by atoms with Crippen LogP contribution < -0.4 is 0 Å². The average Bonchev–Trinajstić information content (AvgIpc) is 3.30. The predicted molar refractivity (Wildman–Crippen MR) is 139 cm³/mol. The van der Waals surface area contributed by atoms with Gasteiger partial charge < -0.3 is 10.2 Å². The van der Waals surface area contributed by atoms with Crippen molar-refractivity contribution in [3.63, 3.8) is 0 Å². The van der Waals surface area contributed by atoms with Gasteiger partial charge in [-0.25, -0.2) is 9.59 Å². The van der Waals surface area contributed by atoms with E-state index in [1.165, 1.54) is 46.2 Å². The largest absolute Gasteiger partial charge is 0.478 e. The first kappa shape index (κ1) is 27.7. The summed E-state index contributed by atoms with van der Waals surface area (Å²) in [6.07, 6.45) is 8.14. The third kappa shape index (κ3) is 5.89. The van der Waals surface area contributed by atoms with Crippen LogP contribution in [0.4, 0.5) is 0 Å². The molecule has 2 aromatic rings. The number of amides is 4. The van der Waals surface area contributed by atoms with Crippen LogP contribution in [0.25, 0.3) is 0 Å². The van der Waals surface area contributed by atoms with Gasteiger partial charge in [-0.3, -0.25) is 29.0 Å². The number of benzene rings is 2. The van der Waals surface area contributed by atoms with Crippen molar-refractivity contribution in [2.45, 2.75) is 57.8 Å². The van der Waals surface area contributed by atoms with Crippen molar-refractivity contribution in [1.82, 2.24) is 9.80 Å². The fourth-order valence-corrected chi connectivity index (χ4v) is 5.03. The van der Waals surface area contributed by atoms with Gasteiger partial charge in [-0.1, -0.05) is 44.9 Å². The molecule has 0 saturated heterocycles. The maximum absolute atomic E-state index is 12.5. The lowest BCUT2D eigenvalue weighted by molar-refractivity contribution is 0.0636. The first-order valence-electron chi connectivity index (χ1n) is 13.2. The van der Waals surface area contributed by atoms with Crippen LogP contribution in [0.2, 0.25) is 0 Å². The molecule has 2 heterocycles. The first-order chi connectivity index (χ1) is 18.7. The van der Waals surface area contributed by atoms with Crippen molar-refractivity contribution >= 4 is 35.6 Å². The summed E-state index contributed by atoms with van der Waals surface area (Å²) in [6, 6.07) is 7.98. The second-order valence-corrected chi connectivity index (χ2v) is 9.84. The molecule has 2 N–H and O–H groups in total. The zero-order valence-electron chi connectivity index (χ0n) is 21.5. The normalized spacial score (nSPS) is 14.3. The minimum Gasteiger partial charge on any atom is -0.478 e. The Morgan fingerprint density at radius 2 is 0.795 bits per heavy atom. The van der Waals surface area contributed by atoms with Crippen LogP contribution in [0.5, 0.6) is 0 Å². The van der Waals surface area contributed by atoms with Gasteiger partial charge in [0.15, 0.2) is 0 Å². The number of carbonyl (C=O) groups excluding carboxylic acids is 4. The lowest BCUT2D eigenvalue weighted by Gasteiger charge is -2.13. The fraction of sp³-hybridized carbons (Fsp3) is 0.379. The number of hydrogen-bond donors (Lipinski definition) is 2. The molecule has 10 nitrogen and oxygen atoms in total. The molecule has 0 atom stereocenters. The Morgan fingerprint density at radius 3 is 1.13 bits per heavy atom. The number of fused-ring (bicyclic) bond motifs is 2. The summed E-state index contributed by atoms with van der Waals surface area (Å²) < 4.78 is 0. The molecule has 0 spiro atoms. The first-order valence-corrected chi connectivity index (χ1v) is 13.2. The molecule has 0 fully saturated rings. The monoisotopic (exact) mass is 534 g/mol. The molecule has 204 valence electrons. The maximum Gasteiger partial charge on any atom is 0.335 e. The second-order valence-electron chi connectivity index (χ2n) is 9.84. The number of carboxylic acids is 2. The van der Waals surface area contributed by atoms with Gasteiger partial charge in [0.1, 0.15) is 0 Å². The van der Waals surface area contributed by atoms with Crippen LogP contribution in [0.3, 0.4) is 0 Å². The predicted octanol–water partition coefficient (Wildman–Crippen LogP) is 4.49. The van der Waals surface area contributed by atoms with Gasteiger partial charge in [0, 0.05) is 13.1 Å². The van der Waals surface area contributed by atoms with Crippen LogP contribution in [-0.4, -0.2) is 68.7 Å². The molecule has 0 saturated carbocycles. The molecule has 39 heavy (non-hydrogen) atoms. The Bertz CT molecular complexity index is 1250. The second kappa shape index (κ2) is 12.0. The summed E-state index contributed by atoms with van der Waals surface area (Å²) >= 11 is 0. The van der Waals surface area contributed by atoms with Crippen molar-refractivity contribution in [1.29, 1.82) is 0 Å². The molecule has 0 unspecified atom stereocenters. The number of hydrogen-bond acceptors (Lipinski definition) is 6. The molecule has 0 aliphatic carbocycles. The van der Waals surface area contributed by atoms with Crippen LogP contribution in [0, 0.1) is 0 Å². The summed E-state index contributed by atoms with van der Waals surface area (Å²) in [6.45, 7) is 0.619. The van der Waals surface area contributed by atoms with E-state index in [2.05, 4.69) is 0 Å². The van der Waals surface area contributed by atoms with Crippen LogP contribution >= 0.6 is 0 Å². The van der Waals surface area contributed by atoms with Crippen molar-refractivity contribution < 1.29 is 39.0 Å². The van der Waals surface area contributed by atoms with Gasteiger partial charge in [-0.05, 0) is 49.2 Å². The van der Waals surface area contributed by atoms with Gasteiger partial charge in [-0.15, -0.1) is 0 Å². The maximum atomic E-state index is 12.5. The Balaban J connectivity index is 1.07. The molecular weight excluding hydrogens is 504 g/mol. The number of carboxylic acid groups (broad SMARTS) is 2. The number of nitrogens with zero attached hydrogens (tertiary/aromatic N) is 2. The molecule has 2 aliphatic rings. The summed E-state index contributed by atoms with van der Waals surface area (Å²) in [5.41, 5.74) is 0.763. The zero-order valence-corrected chi connectivity index (χ0v) is 21.5. The van der Waals surface area contributed by atoms with Crippen molar-refractivity contribution in [2.75, 3.05) is 13.1 Å². The SMILES string of the molecule is O=C(O)c1ccc2c(c1)C(=O)N(CCCCCCCCCCCN1C(=O)c3ccc(C(=O)O)cc3C1=O)C2=O. The van der Waals surface area contributed by atoms with E-state index in [1.54, 1.807) is 0 Å². The molecule has 2 aromatic carbocycles. The Labute approximate surface area is 225 Å². The highest BCUT2D eigenvalue weighted by Gasteiger charge is 2.36. The van der Waals surface area contributed by atoms with E-state index in [9.17, 15) is 28.8 Å². The minimum atomic E-state index is -1.14. The molecule has 4 rings (SSSR count). The quantitative estimate of drug-likeness (QED) is 0.266. The Morgan fingerprint density at radius 1 is 0.487 bits per heavy atom. The summed E-state index contributed by atoms with van der Waals surface area (Å²) in [5.74, 6) is -3.92. The molecular formula is C29H30N2O8. The summed E-state index contributed by atoms with van der Waals surface area (Å²) in [7, 11) is 0. The number of imide groups is 2. The molecule has 0 aromatic heterocycles. The zero-order chi connectivity index (χ0) is 28.1. The molecule has 0 bridgehead atoms. The van der Waals surface area contributed by atoms with E-state index in [1.807, 2.05) is 0 Å². The average molecular weight is 535 g/mol. The smallest absolute Gasteiger partial charge is 0.335 e. The van der Waals surface area contributed by atoms with E-state index < -0.39 is 23.8 Å². The number of aromatic carboxylic acids is 2. The van der Waals surface area contributed by atoms with Gasteiger partial charge in [0.2, 0.25) is 0 Å². The number of unbranched alkanes of at least 4 members (excludes halogenated alkanes) is 8. The van der Waals surface area contributed by atoms with Crippen molar-refractivity contribution in [3.05, 3.63) is 69.8 Å². The van der Waals surface area contributed by atoms with E-state index in [-0.39, 0.29) is 45.2 Å². The highest BCUT2D eigenvalue weighted by Crippen LogP contribution is 2.26. The highest BCUT2D eigenvalue weighted by molar-refractivity contribution is 6.22. The number of carbonyl (C=O) groups is 6. The lowest BCUT2D eigenvalue weighted by atomic mass is 10.1. The van der Waals surface area contributed by atoms with E-state index >= 15 is 0 Å². The van der Waals surface area contributed by atoms with E-state index in [0.29, 0.717) is 25.9 Å². The van der Waals surface area contributed by atoms with Gasteiger partial charge in [-0.2, -0.15) is 0 Å². The fourth-order valence-electron chi connectivity index (χ4n) is 5.03. The highest BCUT2D eigenvalue weighted by atomic mass is 16.4. The summed E-state index contributed by atoms with van der Waals surface area (Å²) in [5, 5.41) is 18.2. The van der Waals surface area contributed by atoms with Gasteiger partial charge in [0.25, 0.3) is 23.6 Å². The topological polar surface area (TPSA) is 149 Å². The lowest BCUT2D eigenvalue weighted by Crippen LogP contribution is -2.30. The standard InChI is InChI=1S/C29H30N2O8/c32-24-20-12-10-18(28(36)37)16-22(20)26(34)30(24)14-8-6-4-2-1-3-5-7-9-15-31-25(33)21-13-11-19(29(38)39)17-23(21)27(31)35/h10-13,16-17H,1-9,14-15H2,(H,36,37)(H,38,39). The minimum absolute atomic E-state index is 0.0172. The van der Waals surface area contributed by atoms with Crippen LogP contribution in [0.1, 0.15) is 120 Å². The van der Waals surface area contributed by atoms with E-state index in [0.717, 1.165) is 44.9 Å². The third-order valence-electron chi connectivity index (χ3n) is 7.20. The van der Waals surface area contributed by atoms with Crippen LogP contribution in [0.15, 0.2) is 36.4 Å². The van der Waals surface area contributed by atoms with E-state index in [4.69, 9.17) is 10.2 Å². The Kier molecular flexibility index (Phi) is 8.53. The van der Waals surface area contributed by atoms with Crippen molar-refractivity contribution in [2.24, 2.45) is 0 Å². The molecule has 10 heteroatoms. The number of rotatable bonds is 14. The molecule has 4 amide bonds. The summed E-state index contributed by atoms with van der Waals surface area (Å²) in [4.78, 5) is 74.7. The van der Waals surface area contributed by atoms with Crippen molar-refractivity contribution in [3.8, 4) is 0 Å².